The van der Waals surface area contributed by atoms with Crippen LogP contribution in [0.3, 0.4) is 0 Å². The van der Waals surface area contributed by atoms with E-state index in [9.17, 15) is 9.59 Å². The predicted molar refractivity (Wildman–Crippen MR) is 140 cm³/mol. The second kappa shape index (κ2) is 12.0. The Bertz CT molecular complexity index is 1340. The number of fused-ring (bicyclic) bond motifs is 1. The van der Waals surface area contributed by atoms with Crippen LogP contribution >= 0.6 is 0 Å². The van der Waals surface area contributed by atoms with Gasteiger partial charge in [0.1, 0.15) is 5.70 Å². The van der Waals surface area contributed by atoms with E-state index in [0.717, 1.165) is 5.56 Å². The Balaban J connectivity index is 1.48. The molecule has 0 saturated carbocycles. The van der Waals surface area contributed by atoms with Crippen molar-refractivity contribution in [3.63, 3.8) is 0 Å². The van der Waals surface area contributed by atoms with Crippen LogP contribution in [-0.4, -0.2) is 24.3 Å². The van der Waals surface area contributed by atoms with Crippen LogP contribution in [0.15, 0.2) is 108 Å². The number of amides is 2. The van der Waals surface area contributed by atoms with Gasteiger partial charge in [-0.2, -0.15) is 5.10 Å². The van der Waals surface area contributed by atoms with Crippen LogP contribution in [0.2, 0.25) is 0 Å². The number of nitrogens with one attached hydrogen (secondary N) is 2. The highest BCUT2D eigenvalue weighted by atomic mass is 16.7. The third-order valence-electron chi connectivity index (χ3n) is 5.11. The largest absolute Gasteiger partial charge is 0.454 e. The number of carbonyl (C=O) groups is 2. The van der Waals surface area contributed by atoms with Crippen LogP contribution in [0.5, 0.6) is 11.5 Å². The first-order chi connectivity index (χ1) is 17.6. The maximum Gasteiger partial charge on any atom is 0.287 e. The lowest BCUT2D eigenvalue weighted by atomic mass is 10.1. The predicted octanol–water partition coefficient (Wildman–Crippen LogP) is 4.95. The first-order valence-corrected chi connectivity index (χ1v) is 11.3. The lowest BCUT2D eigenvalue weighted by molar-refractivity contribution is -0.117. The van der Waals surface area contributed by atoms with E-state index in [1.165, 1.54) is 0 Å². The minimum absolute atomic E-state index is 0.0345. The molecule has 0 saturated heterocycles. The molecule has 0 aromatic heterocycles. The molecule has 0 fully saturated rings. The van der Waals surface area contributed by atoms with E-state index < -0.39 is 11.8 Å². The van der Waals surface area contributed by atoms with Crippen LogP contribution in [0.25, 0.3) is 12.2 Å². The van der Waals surface area contributed by atoms with Gasteiger partial charge in [-0.15, -0.1) is 0 Å². The molecule has 3 aromatic carbocycles. The smallest absolute Gasteiger partial charge is 0.287 e. The molecular weight excluding hydrogens is 454 g/mol. The number of benzene rings is 3. The molecule has 0 radical (unpaired) electrons. The van der Waals surface area contributed by atoms with Gasteiger partial charge < -0.3 is 14.8 Å². The van der Waals surface area contributed by atoms with E-state index in [4.69, 9.17) is 9.47 Å². The number of rotatable bonds is 8. The molecular formula is C29H25N3O4. The number of nitrogens with zero attached hydrogens (tertiary/aromatic N) is 1. The van der Waals surface area contributed by atoms with Crippen LogP contribution in [0, 0.1) is 0 Å². The molecule has 0 atom stereocenters. The van der Waals surface area contributed by atoms with Crippen molar-refractivity contribution in [1.82, 2.24) is 10.7 Å². The molecule has 0 spiro atoms. The van der Waals surface area contributed by atoms with E-state index >= 15 is 0 Å². The summed E-state index contributed by atoms with van der Waals surface area (Å²) < 4.78 is 10.7. The van der Waals surface area contributed by atoms with Crippen molar-refractivity contribution < 1.29 is 19.1 Å². The Morgan fingerprint density at radius 1 is 0.861 bits per heavy atom. The quantitative estimate of drug-likeness (QED) is 0.207. The topological polar surface area (TPSA) is 89.0 Å². The summed E-state index contributed by atoms with van der Waals surface area (Å²) in [5, 5.41) is 6.81. The van der Waals surface area contributed by atoms with Crippen molar-refractivity contribution in [2.75, 3.05) is 6.79 Å². The van der Waals surface area contributed by atoms with Gasteiger partial charge in [0, 0.05) is 5.56 Å². The number of hydrazone groups is 1. The number of hydrogen-bond donors (Lipinski definition) is 2. The molecule has 36 heavy (non-hydrogen) atoms. The number of carbonyl (C=O) groups excluding carboxylic acids is 2. The van der Waals surface area contributed by atoms with Crippen LogP contribution < -0.4 is 20.2 Å². The van der Waals surface area contributed by atoms with E-state index in [-0.39, 0.29) is 12.5 Å². The molecule has 0 bridgehead atoms. The third kappa shape index (κ3) is 6.80. The van der Waals surface area contributed by atoms with Crippen molar-refractivity contribution >= 4 is 29.7 Å². The molecule has 1 aliphatic heterocycles. The van der Waals surface area contributed by atoms with Gasteiger partial charge >= 0.3 is 0 Å². The Labute approximate surface area is 209 Å². The molecule has 1 heterocycles. The molecule has 1 aliphatic rings. The van der Waals surface area contributed by atoms with Crippen LogP contribution in [0.1, 0.15) is 28.4 Å². The van der Waals surface area contributed by atoms with Gasteiger partial charge in [0.05, 0.1) is 5.71 Å². The molecule has 7 heteroatoms. The summed E-state index contributed by atoms with van der Waals surface area (Å²) in [6, 6.07) is 23.8. The molecule has 0 aliphatic carbocycles. The lowest BCUT2D eigenvalue weighted by Crippen LogP contribution is -2.33. The fraction of sp³-hybridized carbons (Fsp3) is 0.0690. The lowest BCUT2D eigenvalue weighted by Gasteiger charge is -2.10. The van der Waals surface area contributed by atoms with E-state index in [0.29, 0.717) is 28.3 Å². The van der Waals surface area contributed by atoms with Gasteiger partial charge in [-0.1, -0.05) is 72.8 Å². The highest BCUT2D eigenvalue weighted by Gasteiger charge is 2.17. The summed E-state index contributed by atoms with van der Waals surface area (Å²) in [5.41, 5.74) is 5.28. The summed E-state index contributed by atoms with van der Waals surface area (Å²) in [6.45, 7) is 1.90. The molecule has 0 unspecified atom stereocenters. The zero-order valence-corrected chi connectivity index (χ0v) is 19.7. The van der Waals surface area contributed by atoms with E-state index in [1.54, 1.807) is 61.5 Å². The number of ether oxygens (including phenoxy) is 2. The summed E-state index contributed by atoms with van der Waals surface area (Å²) in [4.78, 5) is 25.7. The molecule has 2 amide bonds. The Morgan fingerprint density at radius 3 is 2.36 bits per heavy atom. The minimum atomic E-state index is -0.565. The summed E-state index contributed by atoms with van der Waals surface area (Å²) >= 11 is 0. The standard InChI is InChI=1S/C29H25N3O4/c1-21(10-8-9-13-22-11-4-2-5-12-22)31-32-29(34)25(30-28(33)24-14-6-3-7-15-24)18-23-16-17-26-27(19-23)36-20-35-26/h2-19H,20H2,1H3,(H,30,33)(H,32,34)/b10-8+,13-9+,25-18+,31-21-. The SMILES string of the molecule is CC(/C=C/C=C/c1ccccc1)=N/NC(=O)/C(=C\c1ccc2c(c1)OCO2)NC(=O)c1ccccc1. The Kier molecular flexibility index (Phi) is 8.07. The molecule has 2 N–H and O–H groups in total. The van der Waals surface area contributed by atoms with E-state index in [1.807, 2.05) is 54.6 Å². The van der Waals surface area contributed by atoms with Crippen molar-refractivity contribution in [3.8, 4) is 11.5 Å². The summed E-state index contributed by atoms with van der Waals surface area (Å²) in [7, 11) is 0. The van der Waals surface area contributed by atoms with Gasteiger partial charge in [-0.3, -0.25) is 9.59 Å². The second-order valence-corrected chi connectivity index (χ2v) is 7.81. The normalized spacial score (nSPS) is 13.2. The second-order valence-electron chi connectivity index (χ2n) is 7.81. The van der Waals surface area contributed by atoms with Crippen LogP contribution in [0.4, 0.5) is 0 Å². The van der Waals surface area contributed by atoms with Gasteiger partial charge in [-0.05, 0) is 54.5 Å². The Morgan fingerprint density at radius 2 is 1.58 bits per heavy atom. The first-order valence-electron chi connectivity index (χ1n) is 11.3. The molecule has 3 aromatic rings. The minimum Gasteiger partial charge on any atom is -0.454 e. The van der Waals surface area contributed by atoms with Crippen molar-refractivity contribution in [1.29, 1.82) is 0 Å². The fourth-order valence-electron chi connectivity index (χ4n) is 3.27. The van der Waals surface area contributed by atoms with Gasteiger partial charge in [0.25, 0.3) is 11.8 Å². The zero-order valence-electron chi connectivity index (χ0n) is 19.7. The number of hydrogen-bond acceptors (Lipinski definition) is 5. The maximum atomic E-state index is 13.0. The monoisotopic (exact) mass is 479 g/mol. The Hall–Kier alpha value is -4.91. The highest BCUT2D eigenvalue weighted by Crippen LogP contribution is 2.33. The summed E-state index contributed by atoms with van der Waals surface area (Å²) in [5.74, 6) is 0.217. The van der Waals surface area contributed by atoms with Crippen molar-refractivity contribution in [2.45, 2.75) is 6.92 Å². The van der Waals surface area contributed by atoms with Crippen molar-refractivity contribution in [2.24, 2.45) is 5.10 Å². The van der Waals surface area contributed by atoms with Gasteiger partial charge in [0.2, 0.25) is 6.79 Å². The van der Waals surface area contributed by atoms with Crippen molar-refractivity contribution in [3.05, 3.63) is 119 Å². The van der Waals surface area contributed by atoms with Gasteiger partial charge in [-0.25, -0.2) is 5.43 Å². The first kappa shape index (κ1) is 24.2. The zero-order chi connectivity index (χ0) is 25.2. The average molecular weight is 480 g/mol. The van der Waals surface area contributed by atoms with E-state index in [2.05, 4.69) is 15.8 Å². The summed E-state index contributed by atoms with van der Waals surface area (Å²) in [6.07, 6.45) is 9.01. The molecule has 180 valence electrons. The third-order valence-corrected chi connectivity index (χ3v) is 5.11. The maximum absolute atomic E-state index is 13.0. The number of allylic oxidation sites excluding steroid dienone is 3. The van der Waals surface area contributed by atoms with Crippen LogP contribution in [-0.2, 0) is 4.79 Å². The molecule has 7 nitrogen and oxygen atoms in total. The highest BCUT2D eigenvalue weighted by molar-refractivity contribution is 6.05. The fourth-order valence-corrected chi connectivity index (χ4v) is 3.27. The molecule has 4 rings (SSSR count). The average Bonchev–Trinajstić information content (AvgIpc) is 3.38. The van der Waals surface area contributed by atoms with Gasteiger partial charge in [0.15, 0.2) is 11.5 Å².